The van der Waals surface area contributed by atoms with E-state index in [1.54, 1.807) is 42.5 Å². The number of carbonyl (C=O) groups excluding carboxylic acids is 2. The maximum absolute atomic E-state index is 13.7. The number of Topliss-reactive ketones (excluding diaryl/α,β-unsaturated/α-hetero) is 1. The van der Waals surface area contributed by atoms with Crippen LogP contribution < -0.4 is 4.74 Å². The van der Waals surface area contributed by atoms with Crippen molar-refractivity contribution in [2.75, 3.05) is 0 Å². The Morgan fingerprint density at radius 2 is 1.72 bits per heavy atom. The number of esters is 1. The fourth-order valence-electron chi connectivity index (χ4n) is 4.46. The molecule has 2 atom stereocenters. The minimum atomic E-state index is -2.14. The lowest BCUT2D eigenvalue weighted by Crippen LogP contribution is -2.51. The Morgan fingerprint density at radius 3 is 2.47 bits per heavy atom. The van der Waals surface area contributed by atoms with Crippen LogP contribution in [0.15, 0.2) is 78.9 Å². The van der Waals surface area contributed by atoms with Crippen LogP contribution in [-0.4, -0.2) is 16.9 Å². The van der Waals surface area contributed by atoms with Gasteiger partial charge in [-0.15, -0.1) is 0 Å². The van der Waals surface area contributed by atoms with E-state index >= 15 is 0 Å². The molecule has 2 unspecified atom stereocenters. The largest absolute Gasteiger partial charge is 0.453 e. The molecule has 160 valence electrons. The second-order valence-corrected chi connectivity index (χ2v) is 8.38. The van der Waals surface area contributed by atoms with Gasteiger partial charge in [-0.2, -0.15) is 0 Å². The van der Waals surface area contributed by atoms with Crippen molar-refractivity contribution in [1.29, 1.82) is 0 Å². The fraction of sp³-hybridized carbons (Fsp3) is 0.185. The molecule has 0 saturated carbocycles. The second kappa shape index (κ2) is 7.18. The maximum Gasteiger partial charge on any atom is 0.332 e. The van der Waals surface area contributed by atoms with E-state index in [-0.39, 0.29) is 17.0 Å². The van der Waals surface area contributed by atoms with Crippen LogP contribution in [0.1, 0.15) is 52.4 Å². The van der Waals surface area contributed by atoms with Crippen LogP contribution in [0.4, 0.5) is 0 Å². The Hall–Kier alpha value is -3.70. The average molecular weight is 426 g/mol. The highest BCUT2D eigenvalue weighted by atomic mass is 16.7. The van der Waals surface area contributed by atoms with Gasteiger partial charge in [-0.25, -0.2) is 4.79 Å². The van der Waals surface area contributed by atoms with E-state index in [1.165, 1.54) is 6.08 Å². The molecule has 0 aromatic heterocycles. The molecule has 0 amide bonds. The van der Waals surface area contributed by atoms with Crippen LogP contribution >= 0.6 is 0 Å². The van der Waals surface area contributed by atoms with Crippen molar-refractivity contribution >= 4 is 17.8 Å². The third-order valence-electron chi connectivity index (χ3n) is 6.11. The van der Waals surface area contributed by atoms with Gasteiger partial charge in [0.15, 0.2) is 0 Å². The first kappa shape index (κ1) is 20.2. The molecule has 0 spiro atoms. The Kier molecular flexibility index (Phi) is 4.53. The summed E-state index contributed by atoms with van der Waals surface area (Å²) < 4.78 is 11.8. The molecule has 1 aliphatic carbocycles. The molecule has 3 aromatic carbocycles. The minimum Gasteiger partial charge on any atom is -0.453 e. The van der Waals surface area contributed by atoms with Gasteiger partial charge in [-0.05, 0) is 29.2 Å². The summed E-state index contributed by atoms with van der Waals surface area (Å²) in [4.78, 5) is 26.6. The molecule has 3 aromatic rings. The number of carbonyl (C=O) groups is 2. The summed E-state index contributed by atoms with van der Waals surface area (Å²) in [5.41, 5.74) is 0.675. The molecule has 1 aliphatic heterocycles. The molecule has 5 rings (SSSR count). The van der Waals surface area contributed by atoms with E-state index in [2.05, 4.69) is 0 Å². The second-order valence-electron chi connectivity index (χ2n) is 8.38. The summed E-state index contributed by atoms with van der Waals surface area (Å²) in [6.07, 6.45) is 2.85. The highest BCUT2D eigenvalue weighted by Crippen LogP contribution is 2.60. The third-order valence-corrected chi connectivity index (χ3v) is 6.11. The minimum absolute atomic E-state index is 0.217. The molecule has 5 nitrogen and oxygen atoms in total. The number of rotatable bonds is 4. The number of fused-ring (bicyclic) bond motifs is 5. The lowest BCUT2D eigenvalue weighted by Gasteiger charge is -2.32. The predicted octanol–water partition coefficient (Wildman–Crippen LogP) is 4.70. The van der Waals surface area contributed by atoms with Crippen LogP contribution in [0.3, 0.4) is 0 Å². The number of aliphatic hydroxyl groups is 1. The van der Waals surface area contributed by atoms with Gasteiger partial charge >= 0.3 is 5.97 Å². The van der Waals surface area contributed by atoms with Gasteiger partial charge in [-0.1, -0.05) is 80.6 Å². The Bertz CT molecular complexity index is 1260. The maximum atomic E-state index is 13.7. The molecule has 0 fully saturated rings. The Labute approximate surface area is 185 Å². The lowest BCUT2D eigenvalue weighted by molar-refractivity contribution is -0.236. The molecular weight excluding hydrogens is 404 g/mol. The Balaban J connectivity index is 1.62. The van der Waals surface area contributed by atoms with E-state index in [0.29, 0.717) is 11.3 Å². The molecule has 5 heteroatoms. The van der Waals surface area contributed by atoms with E-state index in [0.717, 1.165) is 11.1 Å². The van der Waals surface area contributed by atoms with Crippen molar-refractivity contribution in [3.8, 4) is 5.75 Å². The van der Waals surface area contributed by atoms with E-state index in [1.807, 2.05) is 50.2 Å². The van der Waals surface area contributed by atoms with Gasteiger partial charge < -0.3 is 14.6 Å². The van der Waals surface area contributed by atoms with Crippen molar-refractivity contribution in [1.82, 2.24) is 0 Å². The summed E-state index contributed by atoms with van der Waals surface area (Å²) in [6, 6.07) is 21.3. The molecule has 0 saturated heterocycles. The van der Waals surface area contributed by atoms with E-state index < -0.39 is 23.1 Å². The summed E-state index contributed by atoms with van der Waals surface area (Å²) in [7, 11) is 0. The van der Waals surface area contributed by atoms with Gasteiger partial charge in [0.2, 0.25) is 5.78 Å². The number of hydrogen-bond acceptors (Lipinski definition) is 5. The first-order valence-corrected chi connectivity index (χ1v) is 10.5. The lowest BCUT2D eigenvalue weighted by atomic mass is 9.85. The van der Waals surface area contributed by atoms with E-state index in [9.17, 15) is 14.7 Å². The SMILES string of the molecule is CC(C)c1ccc2c(c1)OC1(O)c3ccccc3C(=O)C21OC(=O)/C=C/c1ccccc1. The van der Waals surface area contributed by atoms with Crippen LogP contribution in [0.5, 0.6) is 5.75 Å². The number of ether oxygens (including phenoxy) is 2. The van der Waals surface area contributed by atoms with Gasteiger partial charge in [0.1, 0.15) is 5.75 Å². The molecule has 1 N–H and O–H groups in total. The molecule has 32 heavy (non-hydrogen) atoms. The number of ketones is 1. The van der Waals surface area contributed by atoms with Gasteiger partial charge in [0.25, 0.3) is 11.4 Å². The van der Waals surface area contributed by atoms with Gasteiger partial charge in [0.05, 0.1) is 5.56 Å². The van der Waals surface area contributed by atoms with Gasteiger partial charge in [-0.3, -0.25) is 4.79 Å². The molecule has 2 aliphatic rings. The first-order chi connectivity index (χ1) is 15.4. The normalized spacial score (nSPS) is 23.1. The zero-order valence-electron chi connectivity index (χ0n) is 17.7. The van der Waals surface area contributed by atoms with E-state index in [4.69, 9.17) is 9.47 Å². The topological polar surface area (TPSA) is 72.8 Å². The first-order valence-electron chi connectivity index (χ1n) is 10.5. The molecule has 0 bridgehead atoms. The standard InChI is InChI=1S/C27H22O5/c1-17(2)19-13-14-22-23(16-19)31-27(30)21-11-7-6-10-20(21)25(29)26(22,27)32-24(28)15-12-18-8-4-3-5-9-18/h3-17,30H,1-2H3/b15-12+. The monoisotopic (exact) mass is 426 g/mol. The van der Waals surface area contributed by atoms with Crippen molar-refractivity contribution < 1.29 is 24.2 Å². The number of hydrogen-bond donors (Lipinski definition) is 1. The van der Waals surface area contributed by atoms with Gasteiger partial charge in [0, 0.05) is 17.2 Å². The van der Waals surface area contributed by atoms with Crippen LogP contribution in [-0.2, 0) is 20.9 Å². The highest BCUT2D eigenvalue weighted by Gasteiger charge is 2.73. The Morgan fingerprint density at radius 1 is 1.00 bits per heavy atom. The van der Waals surface area contributed by atoms with Crippen LogP contribution in [0, 0.1) is 0 Å². The van der Waals surface area contributed by atoms with Crippen LogP contribution in [0.2, 0.25) is 0 Å². The zero-order chi connectivity index (χ0) is 22.5. The van der Waals surface area contributed by atoms with Crippen molar-refractivity contribution in [2.45, 2.75) is 31.2 Å². The van der Waals surface area contributed by atoms with Crippen LogP contribution in [0.25, 0.3) is 6.08 Å². The summed E-state index contributed by atoms with van der Waals surface area (Å²) in [5.74, 6) is -2.85. The molecular formula is C27H22O5. The highest BCUT2D eigenvalue weighted by molar-refractivity contribution is 6.11. The number of benzene rings is 3. The molecule has 1 heterocycles. The predicted molar refractivity (Wildman–Crippen MR) is 119 cm³/mol. The smallest absolute Gasteiger partial charge is 0.332 e. The zero-order valence-corrected chi connectivity index (χ0v) is 17.7. The quantitative estimate of drug-likeness (QED) is 0.484. The fourth-order valence-corrected chi connectivity index (χ4v) is 4.46. The average Bonchev–Trinajstić information content (AvgIpc) is 3.15. The third kappa shape index (κ3) is 2.75. The van der Waals surface area contributed by atoms with Crippen molar-refractivity contribution in [3.05, 3.63) is 107 Å². The van der Waals surface area contributed by atoms with Crippen molar-refractivity contribution in [3.63, 3.8) is 0 Å². The summed E-state index contributed by atoms with van der Waals surface area (Å²) in [6.45, 7) is 4.08. The summed E-state index contributed by atoms with van der Waals surface area (Å²) in [5, 5.41) is 11.7. The van der Waals surface area contributed by atoms with Crippen molar-refractivity contribution in [2.24, 2.45) is 0 Å². The molecule has 0 radical (unpaired) electrons. The summed E-state index contributed by atoms with van der Waals surface area (Å²) >= 11 is 0.